The Balaban J connectivity index is 3.21. The second-order valence-corrected chi connectivity index (χ2v) is 23.6. The molecule has 0 fully saturated rings. The van der Waals surface area contributed by atoms with Gasteiger partial charge in [0.1, 0.15) is 0 Å². The first-order valence-electron chi connectivity index (χ1n) is 11.3. The Morgan fingerprint density at radius 2 is 1.30 bits per heavy atom. The van der Waals surface area contributed by atoms with Gasteiger partial charge in [0.15, 0.2) is 0 Å². The minimum atomic E-state index is -2.37. The summed E-state index contributed by atoms with van der Waals surface area (Å²) >= 11 is 5.87. The van der Waals surface area contributed by atoms with E-state index in [1.165, 1.54) is 62.7 Å². The quantitative estimate of drug-likeness (QED) is 0.127. The first-order valence-corrected chi connectivity index (χ1v) is 19.9. The van der Waals surface area contributed by atoms with Crippen molar-refractivity contribution in [3.8, 4) is 0 Å². The third kappa shape index (κ3) is 9.63. The second-order valence-electron chi connectivity index (χ2n) is 7.86. The SMILES string of the molecule is CCCC/C=[C](\Sc1ccc(Cl)cc1)[Sn]([CH2]CCC)([CH2]CCC)[CH2]CCC. The van der Waals surface area contributed by atoms with E-state index in [-0.39, 0.29) is 0 Å². The fraction of sp³-hybridized carbons (Fsp3) is 0.667. The molecular weight excluding hydrogens is 474 g/mol. The molecule has 0 bridgehead atoms. The van der Waals surface area contributed by atoms with Gasteiger partial charge in [-0.05, 0) is 0 Å². The standard InChI is InChI=1S/C12H14ClS.3C4H9.Sn/c1-2-3-4-5-10-14-12-8-6-11(13)7-9-12;3*1-3-4-2;/h5-9H,2-4H2,1H3;3*1,3-4H2,2H3;. The molecule has 0 aliphatic heterocycles. The van der Waals surface area contributed by atoms with Crippen molar-refractivity contribution in [2.75, 3.05) is 0 Å². The van der Waals surface area contributed by atoms with E-state index in [0.29, 0.717) is 0 Å². The van der Waals surface area contributed by atoms with Crippen molar-refractivity contribution < 1.29 is 0 Å². The van der Waals surface area contributed by atoms with Crippen LogP contribution < -0.4 is 0 Å². The fourth-order valence-electron chi connectivity index (χ4n) is 3.72. The van der Waals surface area contributed by atoms with Gasteiger partial charge >= 0.3 is 184 Å². The molecule has 154 valence electrons. The first-order chi connectivity index (χ1) is 13.1. The first kappa shape index (κ1) is 25.4. The van der Waals surface area contributed by atoms with Crippen LogP contribution in [0.5, 0.6) is 0 Å². The zero-order valence-corrected chi connectivity index (χ0v) is 22.6. The molecule has 0 N–H and O–H groups in total. The van der Waals surface area contributed by atoms with E-state index in [0.717, 1.165) is 5.02 Å². The molecule has 0 aromatic heterocycles. The van der Waals surface area contributed by atoms with E-state index >= 15 is 0 Å². The zero-order valence-electron chi connectivity index (χ0n) is 18.2. The Morgan fingerprint density at radius 3 is 1.74 bits per heavy atom. The molecular formula is C24H41ClSSn. The van der Waals surface area contributed by atoms with Crippen molar-refractivity contribution in [1.82, 2.24) is 0 Å². The molecule has 1 rings (SSSR count). The van der Waals surface area contributed by atoms with E-state index in [2.05, 4.69) is 69.8 Å². The molecule has 0 saturated carbocycles. The van der Waals surface area contributed by atoms with E-state index in [4.69, 9.17) is 11.6 Å². The molecule has 0 spiro atoms. The Labute approximate surface area is 182 Å². The third-order valence-corrected chi connectivity index (χ3v) is 25.2. The predicted octanol–water partition coefficient (Wildman–Crippen LogP) is 9.89. The van der Waals surface area contributed by atoms with Gasteiger partial charge in [0.25, 0.3) is 0 Å². The summed E-state index contributed by atoms with van der Waals surface area (Å²) in [7, 11) is 0. The summed E-state index contributed by atoms with van der Waals surface area (Å²) in [5.41, 5.74) is 0. The van der Waals surface area contributed by atoms with Gasteiger partial charge in [0.05, 0.1) is 0 Å². The normalized spacial score (nSPS) is 12.6. The molecule has 0 aliphatic carbocycles. The van der Waals surface area contributed by atoms with Crippen molar-refractivity contribution in [2.45, 2.75) is 104 Å². The number of allylic oxidation sites excluding steroid dienone is 1. The number of unbranched alkanes of at least 4 members (excludes halogenated alkanes) is 5. The van der Waals surface area contributed by atoms with E-state index in [1.54, 1.807) is 13.3 Å². The summed E-state index contributed by atoms with van der Waals surface area (Å²) in [4.78, 5) is 1.38. The number of hydrogen-bond donors (Lipinski definition) is 0. The van der Waals surface area contributed by atoms with Gasteiger partial charge in [-0.15, -0.1) is 0 Å². The van der Waals surface area contributed by atoms with Crippen LogP contribution in [0.3, 0.4) is 0 Å². The molecule has 0 aliphatic rings. The van der Waals surface area contributed by atoms with Gasteiger partial charge in [-0.1, -0.05) is 0 Å². The van der Waals surface area contributed by atoms with Crippen LogP contribution in [0, 0.1) is 0 Å². The van der Waals surface area contributed by atoms with Crippen molar-refractivity contribution in [3.63, 3.8) is 0 Å². The topological polar surface area (TPSA) is 0 Å². The number of hydrogen-bond acceptors (Lipinski definition) is 1. The number of halogens is 1. The fourth-order valence-corrected chi connectivity index (χ4v) is 24.4. The van der Waals surface area contributed by atoms with Crippen LogP contribution in [0.1, 0.15) is 85.5 Å². The molecule has 1 aromatic rings. The van der Waals surface area contributed by atoms with Crippen molar-refractivity contribution in [1.29, 1.82) is 0 Å². The van der Waals surface area contributed by atoms with Gasteiger partial charge in [0, 0.05) is 0 Å². The average Bonchev–Trinajstić information content (AvgIpc) is 2.69. The van der Waals surface area contributed by atoms with Crippen LogP contribution >= 0.6 is 23.4 Å². The van der Waals surface area contributed by atoms with Crippen LogP contribution in [0.2, 0.25) is 18.3 Å². The maximum absolute atomic E-state index is 6.14. The molecule has 1 aromatic carbocycles. The Bertz CT molecular complexity index is 502. The molecule has 27 heavy (non-hydrogen) atoms. The number of thioether (sulfide) groups is 1. The van der Waals surface area contributed by atoms with E-state index in [1.807, 2.05) is 2.92 Å². The van der Waals surface area contributed by atoms with Crippen molar-refractivity contribution >= 4 is 41.7 Å². The second kappa shape index (κ2) is 15.3. The monoisotopic (exact) mass is 516 g/mol. The predicted molar refractivity (Wildman–Crippen MR) is 130 cm³/mol. The molecule has 0 atom stereocenters. The Kier molecular flexibility index (Phi) is 14.4. The molecule has 0 heterocycles. The van der Waals surface area contributed by atoms with Gasteiger partial charge < -0.3 is 0 Å². The minimum absolute atomic E-state index is 0.841. The zero-order chi connectivity index (χ0) is 20.0. The molecule has 0 nitrogen and oxygen atoms in total. The molecule has 0 radical (unpaired) electrons. The molecule has 0 saturated heterocycles. The van der Waals surface area contributed by atoms with Crippen LogP contribution in [0.4, 0.5) is 0 Å². The molecule has 0 unspecified atom stereocenters. The van der Waals surface area contributed by atoms with E-state index in [9.17, 15) is 0 Å². The van der Waals surface area contributed by atoms with Crippen LogP contribution in [0.15, 0.2) is 38.2 Å². The summed E-state index contributed by atoms with van der Waals surface area (Å²) in [6, 6.07) is 8.54. The average molecular weight is 516 g/mol. The number of rotatable bonds is 15. The van der Waals surface area contributed by atoms with Gasteiger partial charge in [-0.3, -0.25) is 0 Å². The Morgan fingerprint density at radius 1 is 0.815 bits per heavy atom. The molecule has 0 amide bonds. The van der Waals surface area contributed by atoms with E-state index < -0.39 is 18.4 Å². The summed E-state index contributed by atoms with van der Waals surface area (Å²) in [6.45, 7) is 9.40. The van der Waals surface area contributed by atoms with Crippen LogP contribution in [-0.4, -0.2) is 18.4 Å². The van der Waals surface area contributed by atoms with Gasteiger partial charge in [-0.2, -0.15) is 0 Å². The summed E-state index contributed by atoms with van der Waals surface area (Å²) < 4.78 is 6.48. The summed E-state index contributed by atoms with van der Waals surface area (Å²) in [6.07, 6.45) is 14.8. The maximum atomic E-state index is 6.14. The Hall–Kier alpha value is 0.399. The van der Waals surface area contributed by atoms with Crippen LogP contribution in [0.25, 0.3) is 0 Å². The summed E-state index contributed by atoms with van der Waals surface area (Å²) in [5.74, 6) is 0. The molecule has 3 heteroatoms. The van der Waals surface area contributed by atoms with Crippen molar-refractivity contribution in [3.05, 3.63) is 38.3 Å². The van der Waals surface area contributed by atoms with Crippen molar-refractivity contribution in [2.24, 2.45) is 0 Å². The van der Waals surface area contributed by atoms with Gasteiger partial charge in [-0.25, -0.2) is 0 Å². The van der Waals surface area contributed by atoms with Gasteiger partial charge in [0.2, 0.25) is 0 Å². The summed E-state index contributed by atoms with van der Waals surface area (Å²) in [5, 5.41) is 0.841. The van der Waals surface area contributed by atoms with Crippen LogP contribution in [-0.2, 0) is 0 Å². The third-order valence-electron chi connectivity index (χ3n) is 5.48. The number of benzene rings is 1.